The lowest BCUT2D eigenvalue weighted by Crippen LogP contribution is -2.46. The molecule has 3 rings (SSSR count). The third-order valence-electron chi connectivity index (χ3n) is 4.30. The van der Waals surface area contributed by atoms with Gasteiger partial charge in [0.05, 0.1) is 6.54 Å². The molecule has 7 nitrogen and oxygen atoms in total. The summed E-state index contributed by atoms with van der Waals surface area (Å²) in [4.78, 5) is 8.79. The van der Waals surface area contributed by atoms with Crippen LogP contribution in [0.5, 0.6) is 5.75 Å². The van der Waals surface area contributed by atoms with Gasteiger partial charge in [-0.15, -0.1) is 24.0 Å². The van der Waals surface area contributed by atoms with Crippen molar-refractivity contribution in [3.05, 3.63) is 54.1 Å². The number of nitrogens with zero attached hydrogens (tertiary/aromatic N) is 4. The van der Waals surface area contributed by atoms with Gasteiger partial charge < -0.3 is 15.4 Å². The molecule has 0 saturated carbocycles. The maximum atomic E-state index is 5.71. The molecule has 0 amide bonds. The van der Waals surface area contributed by atoms with Gasteiger partial charge in [0.2, 0.25) is 0 Å². The van der Waals surface area contributed by atoms with Crippen molar-refractivity contribution in [1.82, 2.24) is 25.4 Å². The first-order valence-electron chi connectivity index (χ1n) is 8.88. The first-order chi connectivity index (χ1) is 12.7. The van der Waals surface area contributed by atoms with Gasteiger partial charge in [-0.25, -0.2) is 9.67 Å². The molecule has 0 aliphatic carbocycles. The van der Waals surface area contributed by atoms with Gasteiger partial charge in [-0.3, -0.25) is 4.99 Å². The highest BCUT2D eigenvalue weighted by atomic mass is 127. The standard InChI is InChI=1S/C19H26N6O.HI/c1-4-11-26-17-8-6-5-7-15(17)12-21-19(20-3)23-16-9-10-18-22-14(2)24-25(18)13-16;/h4-8,16H,1,9-13H2,2-3H3,(H2,20,21,23);1H. The lowest BCUT2D eigenvalue weighted by molar-refractivity contribution is 0.358. The number of halogens is 1. The molecule has 2 heterocycles. The van der Waals surface area contributed by atoms with E-state index in [4.69, 9.17) is 4.74 Å². The highest BCUT2D eigenvalue weighted by Gasteiger charge is 2.21. The predicted octanol–water partition coefficient (Wildman–Crippen LogP) is 2.45. The number of aryl methyl sites for hydroxylation is 2. The van der Waals surface area contributed by atoms with E-state index in [1.165, 1.54) is 0 Å². The average Bonchev–Trinajstić information content (AvgIpc) is 3.03. The van der Waals surface area contributed by atoms with Crippen LogP contribution in [0, 0.1) is 6.92 Å². The van der Waals surface area contributed by atoms with E-state index in [1.54, 1.807) is 13.1 Å². The summed E-state index contributed by atoms with van der Waals surface area (Å²) in [6.07, 6.45) is 3.68. The molecule has 27 heavy (non-hydrogen) atoms. The van der Waals surface area contributed by atoms with E-state index in [-0.39, 0.29) is 30.0 Å². The lowest BCUT2D eigenvalue weighted by atomic mass is 10.1. The molecule has 2 N–H and O–H groups in total. The van der Waals surface area contributed by atoms with E-state index >= 15 is 0 Å². The zero-order valence-electron chi connectivity index (χ0n) is 15.8. The summed E-state index contributed by atoms with van der Waals surface area (Å²) in [6, 6.07) is 8.26. The van der Waals surface area contributed by atoms with Crippen molar-refractivity contribution >= 4 is 29.9 Å². The topological polar surface area (TPSA) is 76.4 Å². The van der Waals surface area contributed by atoms with E-state index < -0.39 is 0 Å². The Balaban J connectivity index is 0.00000261. The monoisotopic (exact) mass is 482 g/mol. The predicted molar refractivity (Wildman–Crippen MR) is 118 cm³/mol. The average molecular weight is 482 g/mol. The zero-order chi connectivity index (χ0) is 18.4. The van der Waals surface area contributed by atoms with E-state index in [2.05, 4.69) is 32.3 Å². The van der Waals surface area contributed by atoms with Gasteiger partial charge in [-0.2, -0.15) is 5.10 Å². The fourth-order valence-electron chi connectivity index (χ4n) is 3.06. The SMILES string of the molecule is C=CCOc1ccccc1CNC(=NC)NC1CCc2nc(C)nn2C1.I. The molecule has 2 aromatic rings. The summed E-state index contributed by atoms with van der Waals surface area (Å²) < 4.78 is 7.69. The Bertz CT molecular complexity index is 788. The van der Waals surface area contributed by atoms with Crippen molar-refractivity contribution in [3.63, 3.8) is 0 Å². The van der Waals surface area contributed by atoms with Gasteiger partial charge in [0, 0.05) is 31.6 Å². The number of rotatable bonds is 6. The third kappa shape index (κ3) is 5.69. The van der Waals surface area contributed by atoms with Crippen LogP contribution in [-0.2, 0) is 19.5 Å². The summed E-state index contributed by atoms with van der Waals surface area (Å²) in [5, 5.41) is 11.3. The molecule has 0 spiro atoms. The number of aromatic nitrogens is 3. The second-order valence-electron chi connectivity index (χ2n) is 6.27. The maximum absolute atomic E-state index is 5.71. The highest BCUT2D eigenvalue weighted by Crippen LogP contribution is 2.18. The summed E-state index contributed by atoms with van der Waals surface area (Å²) in [5.41, 5.74) is 1.08. The van der Waals surface area contributed by atoms with Crippen LogP contribution >= 0.6 is 24.0 Å². The Morgan fingerprint density at radius 1 is 1.44 bits per heavy atom. The van der Waals surface area contributed by atoms with Crippen LogP contribution in [0.2, 0.25) is 0 Å². The molecule has 8 heteroatoms. The number of guanidine groups is 1. The van der Waals surface area contributed by atoms with Crippen LogP contribution in [0.4, 0.5) is 0 Å². The Hall–Kier alpha value is -2.10. The van der Waals surface area contributed by atoms with Crippen molar-refractivity contribution in [2.24, 2.45) is 4.99 Å². The van der Waals surface area contributed by atoms with Crippen LogP contribution in [0.1, 0.15) is 23.6 Å². The van der Waals surface area contributed by atoms with E-state index in [0.29, 0.717) is 13.2 Å². The minimum atomic E-state index is 0. The summed E-state index contributed by atoms with van der Waals surface area (Å²) in [7, 11) is 1.78. The fraction of sp³-hybridized carbons (Fsp3) is 0.421. The molecule has 1 atom stereocenters. The number of hydrogen-bond donors (Lipinski definition) is 2. The molecule has 0 radical (unpaired) electrons. The van der Waals surface area contributed by atoms with Crippen molar-refractivity contribution < 1.29 is 4.74 Å². The Labute approximate surface area is 177 Å². The fourth-order valence-corrected chi connectivity index (χ4v) is 3.06. The molecule has 146 valence electrons. The number of hydrogen-bond acceptors (Lipinski definition) is 4. The molecule has 0 bridgehead atoms. The number of ether oxygens (including phenoxy) is 1. The van der Waals surface area contributed by atoms with Crippen molar-refractivity contribution in [2.75, 3.05) is 13.7 Å². The molecule has 1 aromatic heterocycles. The van der Waals surface area contributed by atoms with Crippen molar-refractivity contribution in [2.45, 2.75) is 38.9 Å². The van der Waals surface area contributed by atoms with Crippen LogP contribution in [0.15, 0.2) is 41.9 Å². The van der Waals surface area contributed by atoms with Gasteiger partial charge in [-0.1, -0.05) is 30.9 Å². The van der Waals surface area contributed by atoms with E-state index in [1.807, 2.05) is 35.9 Å². The second-order valence-corrected chi connectivity index (χ2v) is 6.27. The smallest absolute Gasteiger partial charge is 0.191 e. The summed E-state index contributed by atoms with van der Waals surface area (Å²) >= 11 is 0. The van der Waals surface area contributed by atoms with Crippen molar-refractivity contribution in [3.8, 4) is 5.75 Å². The number of aliphatic imine (C=N–C) groups is 1. The largest absolute Gasteiger partial charge is 0.489 e. The Kier molecular flexibility index (Phi) is 8.08. The number of benzene rings is 1. The zero-order valence-corrected chi connectivity index (χ0v) is 18.1. The first-order valence-corrected chi connectivity index (χ1v) is 8.88. The lowest BCUT2D eigenvalue weighted by Gasteiger charge is -2.25. The molecule has 1 unspecified atom stereocenters. The molecule has 0 saturated heterocycles. The molecule has 0 fully saturated rings. The normalized spacial score (nSPS) is 16.1. The van der Waals surface area contributed by atoms with E-state index in [9.17, 15) is 0 Å². The highest BCUT2D eigenvalue weighted by molar-refractivity contribution is 14.0. The second kappa shape index (κ2) is 10.3. The van der Waals surface area contributed by atoms with Gasteiger partial charge in [0.1, 0.15) is 24.0 Å². The van der Waals surface area contributed by atoms with Crippen LogP contribution in [0.3, 0.4) is 0 Å². The maximum Gasteiger partial charge on any atom is 0.191 e. The summed E-state index contributed by atoms with van der Waals surface area (Å²) in [6.45, 7) is 7.55. The number of para-hydroxylation sites is 1. The number of nitrogens with one attached hydrogen (secondary N) is 2. The van der Waals surface area contributed by atoms with Gasteiger partial charge in [-0.05, 0) is 19.4 Å². The minimum absolute atomic E-state index is 0. The molecular weight excluding hydrogens is 455 g/mol. The molecule has 1 aliphatic heterocycles. The van der Waals surface area contributed by atoms with Gasteiger partial charge >= 0.3 is 0 Å². The first kappa shape index (κ1) is 21.2. The van der Waals surface area contributed by atoms with Crippen LogP contribution in [0.25, 0.3) is 0 Å². The number of fused-ring (bicyclic) bond motifs is 1. The van der Waals surface area contributed by atoms with Crippen LogP contribution in [-0.4, -0.2) is 40.4 Å². The van der Waals surface area contributed by atoms with Crippen molar-refractivity contribution in [1.29, 1.82) is 0 Å². The molecule has 1 aliphatic rings. The third-order valence-corrected chi connectivity index (χ3v) is 4.30. The minimum Gasteiger partial charge on any atom is -0.489 e. The molecule has 1 aromatic carbocycles. The van der Waals surface area contributed by atoms with Gasteiger partial charge in [0.25, 0.3) is 0 Å². The quantitative estimate of drug-likeness (QED) is 0.287. The van der Waals surface area contributed by atoms with Crippen LogP contribution < -0.4 is 15.4 Å². The summed E-state index contributed by atoms with van der Waals surface area (Å²) in [5.74, 6) is 3.53. The van der Waals surface area contributed by atoms with Gasteiger partial charge in [0.15, 0.2) is 5.96 Å². The Morgan fingerprint density at radius 2 is 2.26 bits per heavy atom. The Morgan fingerprint density at radius 3 is 3.04 bits per heavy atom. The molecular formula is C19H27IN6O. The van der Waals surface area contributed by atoms with E-state index in [0.717, 1.165) is 48.3 Å².